The Morgan fingerprint density at radius 2 is 1.96 bits per heavy atom. The highest BCUT2D eigenvalue weighted by atomic mass is 16.3. The van der Waals surface area contributed by atoms with Crippen LogP contribution in [-0.4, -0.2) is 29.8 Å². The van der Waals surface area contributed by atoms with E-state index in [-0.39, 0.29) is 23.1 Å². The lowest BCUT2D eigenvalue weighted by atomic mass is 9.85. The summed E-state index contributed by atoms with van der Waals surface area (Å²) in [7, 11) is 0. The van der Waals surface area contributed by atoms with Crippen LogP contribution in [0.25, 0.3) is 0 Å². The van der Waals surface area contributed by atoms with E-state index in [0.29, 0.717) is 18.7 Å². The maximum absolute atomic E-state index is 12.8. The van der Waals surface area contributed by atoms with Gasteiger partial charge in [-0.3, -0.25) is 9.59 Å². The van der Waals surface area contributed by atoms with E-state index in [2.05, 4.69) is 26.1 Å². The molecule has 1 aliphatic rings. The van der Waals surface area contributed by atoms with Gasteiger partial charge in [0.1, 0.15) is 6.26 Å². The Labute approximate surface area is 154 Å². The van der Waals surface area contributed by atoms with Gasteiger partial charge in [0.15, 0.2) is 0 Å². The number of hydrogen-bond donors (Lipinski definition) is 1. The predicted octanol–water partition coefficient (Wildman–Crippen LogP) is 4.07. The lowest BCUT2D eigenvalue weighted by Gasteiger charge is -2.32. The summed E-state index contributed by atoms with van der Waals surface area (Å²) in [4.78, 5) is 27.1. The zero-order chi connectivity index (χ0) is 18.7. The van der Waals surface area contributed by atoms with Gasteiger partial charge in [-0.25, -0.2) is 0 Å². The molecule has 2 heterocycles. The lowest BCUT2D eigenvalue weighted by molar-refractivity contribution is -0.121. The van der Waals surface area contributed by atoms with Gasteiger partial charge in [0.05, 0.1) is 17.7 Å². The molecule has 1 saturated heterocycles. The molecule has 5 nitrogen and oxygen atoms in total. The molecular weight excluding hydrogens is 328 g/mol. The predicted molar refractivity (Wildman–Crippen MR) is 101 cm³/mol. The number of carbonyl (C=O) groups is 2. The van der Waals surface area contributed by atoms with Crippen LogP contribution in [-0.2, 0) is 10.2 Å². The number of hydrogen-bond acceptors (Lipinski definition) is 3. The Morgan fingerprint density at radius 1 is 1.19 bits per heavy atom. The molecule has 0 saturated carbocycles. The van der Waals surface area contributed by atoms with Gasteiger partial charge in [0, 0.05) is 18.8 Å². The van der Waals surface area contributed by atoms with Crippen molar-refractivity contribution in [2.24, 2.45) is 5.92 Å². The smallest absolute Gasteiger partial charge is 0.257 e. The molecule has 1 aromatic carbocycles. The first-order chi connectivity index (χ1) is 12.4. The van der Waals surface area contributed by atoms with E-state index in [1.54, 1.807) is 11.0 Å². The molecule has 0 bridgehead atoms. The van der Waals surface area contributed by atoms with Crippen molar-refractivity contribution < 1.29 is 14.0 Å². The molecule has 2 aromatic rings. The van der Waals surface area contributed by atoms with E-state index in [4.69, 9.17) is 4.42 Å². The number of piperidine rings is 1. The van der Waals surface area contributed by atoms with Crippen molar-refractivity contribution in [2.45, 2.75) is 39.0 Å². The van der Waals surface area contributed by atoms with Gasteiger partial charge in [-0.05, 0) is 36.0 Å². The second kappa shape index (κ2) is 7.36. The number of furan rings is 1. The normalized spacial score (nSPS) is 17.8. The zero-order valence-electron chi connectivity index (χ0n) is 15.6. The van der Waals surface area contributed by atoms with Gasteiger partial charge in [-0.2, -0.15) is 0 Å². The van der Waals surface area contributed by atoms with E-state index >= 15 is 0 Å². The van der Waals surface area contributed by atoms with Gasteiger partial charge in [0.25, 0.3) is 5.91 Å². The van der Waals surface area contributed by atoms with Crippen LogP contribution in [0.2, 0.25) is 0 Å². The zero-order valence-corrected chi connectivity index (χ0v) is 15.6. The molecule has 1 aliphatic heterocycles. The molecule has 26 heavy (non-hydrogen) atoms. The van der Waals surface area contributed by atoms with Crippen LogP contribution in [0, 0.1) is 5.92 Å². The van der Waals surface area contributed by atoms with Crippen molar-refractivity contribution in [3.05, 3.63) is 54.0 Å². The fourth-order valence-electron chi connectivity index (χ4n) is 3.43. The number of likely N-dealkylation sites (tertiary alicyclic amines) is 1. The number of anilines is 1. The Balaban J connectivity index is 1.70. The van der Waals surface area contributed by atoms with Crippen LogP contribution in [0.1, 0.15) is 49.5 Å². The van der Waals surface area contributed by atoms with Crippen molar-refractivity contribution in [3.8, 4) is 0 Å². The first-order valence-corrected chi connectivity index (χ1v) is 9.08. The molecular formula is C21H26N2O3. The third-order valence-corrected chi connectivity index (χ3v) is 4.84. The number of para-hydroxylation sites is 1. The lowest BCUT2D eigenvalue weighted by Crippen LogP contribution is -2.43. The van der Waals surface area contributed by atoms with E-state index in [1.807, 2.05) is 24.3 Å². The maximum atomic E-state index is 12.8. The van der Waals surface area contributed by atoms with E-state index < -0.39 is 0 Å². The standard InChI is InChI=1S/C21H26N2O3/c1-21(2,3)17-8-4-5-9-18(17)22-19(24)15-7-6-11-23(13-15)20(25)16-10-12-26-14-16/h4-5,8-10,12,14-15H,6-7,11,13H2,1-3H3,(H,22,24)/t15-/m0/s1. The number of nitrogens with zero attached hydrogens (tertiary/aromatic N) is 1. The van der Waals surface area contributed by atoms with Crippen LogP contribution in [0.5, 0.6) is 0 Å². The average molecular weight is 354 g/mol. The summed E-state index contributed by atoms with van der Waals surface area (Å²) in [6.07, 6.45) is 4.55. The van der Waals surface area contributed by atoms with Crippen molar-refractivity contribution in [1.29, 1.82) is 0 Å². The molecule has 138 valence electrons. The number of carbonyl (C=O) groups excluding carboxylic acids is 2. The highest BCUT2D eigenvalue weighted by Crippen LogP contribution is 2.30. The summed E-state index contributed by atoms with van der Waals surface area (Å²) in [5.74, 6) is -0.301. The van der Waals surface area contributed by atoms with Crippen molar-refractivity contribution in [3.63, 3.8) is 0 Å². The van der Waals surface area contributed by atoms with Gasteiger partial charge < -0.3 is 14.6 Å². The molecule has 0 aliphatic carbocycles. The topological polar surface area (TPSA) is 62.6 Å². The molecule has 1 fully saturated rings. The molecule has 0 spiro atoms. The Kier molecular flexibility index (Phi) is 5.16. The van der Waals surface area contributed by atoms with Gasteiger partial charge >= 0.3 is 0 Å². The monoisotopic (exact) mass is 354 g/mol. The molecule has 5 heteroatoms. The minimum absolute atomic E-state index is 0.0219. The average Bonchev–Trinajstić information content (AvgIpc) is 3.15. The number of amides is 2. The first-order valence-electron chi connectivity index (χ1n) is 9.08. The Morgan fingerprint density at radius 3 is 2.65 bits per heavy atom. The molecule has 2 amide bonds. The first kappa shape index (κ1) is 18.2. The minimum atomic E-state index is -0.201. The van der Waals surface area contributed by atoms with Crippen LogP contribution >= 0.6 is 0 Å². The van der Waals surface area contributed by atoms with Gasteiger partial charge in [-0.1, -0.05) is 39.0 Å². The summed E-state index contributed by atoms with van der Waals surface area (Å²) >= 11 is 0. The number of benzene rings is 1. The van der Waals surface area contributed by atoms with Crippen molar-refractivity contribution >= 4 is 17.5 Å². The second-order valence-corrected chi connectivity index (χ2v) is 7.89. The Hall–Kier alpha value is -2.56. The largest absolute Gasteiger partial charge is 0.472 e. The summed E-state index contributed by atoms with van der Waals surface area (Å²) in [5.41, 5.74) is 2.43. The highest BCUT2D eigenvalue weighted by Gasteiger charge is 2.30. The van der Waals surface area contributed by atoms with Crippen LogP contribution in [0.4, 0.5) is 5.69 Å². The van der Waals surface area contributed by atoms with E-state index in [9.17, 15) is 9.59 Å². The van der Waals surface area contributed by atoms with Crippen molar-refractivity contribution in [2.75, 3.05) is 18.4 Å². The molecule has 1 atom stereocenters. The molecule has 1 aromatic heterocycles. The van der Waals surface area contributed by atoms with Crippen LogP contribution in [0.15, 0.2) is 47.3 Å². The minimum Gasteiger partial charge on any atom is -0.472 e. The van der Waals surface area contributed by atoms with Crippen LogP contribution < -0.4 is 5.32 Å². The Bertz CT molecular complexity index is 775. The summed E-state index contributed by atoms with van der Waals surface area (Å²) in [6, 6.07) is 9.56. The van der Waals surface area contributed by atoms with E-state index in [1.165, 1.54) is 12.5 Å². The molecule has 0 radical (unpaired) electrons. The van der Waals surface area contributed by atoms with E-state index in [0.717, 1.165) is 24.1 Å². The second-order valence-electron chi connectivity index (χ2n) is 7.89. The maximum Gasteiger partial charge on any atom is 0.257 e. The number of rotatable bonds is 3. The summed E-state index contributed by atoms with van der Waals surface area (Å²) in [6.45, 7) is 7.50. The molecule has 0 unspecified atom stereocenters. The van der Waals surface area contributed by atoms with Gasteiger partial charge in [-0.15, -0.1) is 0 Å². The highest BCUT2D eigenvalue weighted by molar-refractivity contribution is 5.96. The van der Waals surface area contributed by atoms with Gasteiger partial charge in [0.2, 0.25) is 5.91 Å². The fourth-order valence-corrected chi connectivity index (χ4v) is 3.43. The number of nitrogens with one attached hydrogen (secondary N) is 1. The SMILES string of the molecule is CC(C)(C)c1ccccc1NC(=O)[C@H]1CCCN(C(=O)c2ccoc2)C1. The third-order valence-electron chi connectivity index (χ3n) is 4.84. The summed E-state index contributed by atoms with van der Waals surface area (Å²) in [5, 5.41) is 3.09. The van der Waals surface area contributed by atoms with Crippen LogP contribution in [0.3, 0.4) is 0 Å². The molecule has 3 rings (SSSR count). The summed E-state index contributed by atoms with van der Waals surface area (Å²) < 4.78 is 5.00. The quantitative estimate of drug-likeness (QED) is 0.904. The van der Waals surface area contributed by atoms with Crippen molar-refractivity contribution in [1.82, 2.24) is 4.90 Å². The fraction of sp³-hybridized carbons (Fsp3) is 0.429. The molecule has 1 N–H and O–H groups in total. The third kappa shape index (κ3) is 3.98.